The molecular formula is C12H18N2O3S. The Bertz CT molecular complexity index is 565. The molecule has 2 N–H and O–H groups in total. The number of aromatic amines is 1. The van der Waals surface area contributed by atoms with Crippen LogP contribution >= 0.6 is 0 Å². The first kappa shape index (κ1) is 13.3. The van der Waals surface area contributed by atoms with E-state index in [2.05, 4.69) is 16.6 Å². The Hall–Kier alpha value is -1.14. The molecule has 0 amide bonds. The van der Waals surface area contributed by atoms with Gasteiger partial charge in [-0.05, 0) is 18.3 Å². The highest BCUT2D eigenvalue weighted by Gasteiger charge is 2.26. The maximum atomic E-state index is 12.0. The summed E-state index contributed by atoms with van der Waals surface area (Å²) in [5.41, 5.74) is -0.485. The van der Waals surface area contributed by atoms with Crippen LogP contribution in [0.1, 0.15) is 26.2 Å². The second-order valence-corrected chi connectivity index (χ2v) is 6.63. The summed E-state index contributed by atoms with van der Waals surface area (Å²) < 4.78 is 26.5. The van der Waals surface area contributed by atoms with Gasteiger partial charge >= 0.3 is 0 Å². The summed E-state index contributed by atoms with van der Waals surface area (Å²) in [5.74, 6) is 0.921. The summed E-state index contributed by atoms with van der Waals surface area (Å²) >= 11 is 0. The van der Waals surface area contributed by atoms with Crippen molar-refractivity contribution in [2.45, 2.75) is 31.1 Å². The highest BCUT2D eigenvalue weighted by atomic mass is 32.2. The third-order valence-electron chi connectivity index (χ3n) is 3.65. The fraction of sp³-hybridized carbons (Fsp3) is 0.583. The third-order valence-corrected chi connectivity index (χ3v) is 5.10. The minimum absolute atomic E-state index is 0.212. The molecule has 100 valence electrons. The monoisotopic (exact) mass is 270 g/mol. The van der Waals surface area contributed by atoms with Gasteiger partial charge in [-0.2, -0.15) is 0 Å². The van der Waals surface area contributed by atoms with Crippen molar-refractivity contribution >= 4 is 10.0 Å². The van der Waals surface area contributed by atoms with Crippen molar-refractivity contribution in [1.29, 1.82) is 0 Å². The van der Waals surface area contributed by atoms with Crippen LogP contribution in [0.5, 0.6) is 0 Å². The second-order valence-electron chi connectivity index (χ2n) is 4.89. The molecule has 1 aliphatic rings. The molecule has 18 heavy (non-hydrogen) atoms. The molecule has 0 aliphatic heterocycles. The molecule has 2 rings (SSSR count). The number of aromatic nitrogens is 1. The fourth-order valence-corrected chi connectivity index (χ4v) is 3.58. The van der Waals surface area contributed by atoms with Gasteiger partial charge in [0.25, 0.3) is 0 Å². The molecule has 1 aromatic rings. The zero-order valence-corrected chi connectivity index (χ0v) is 11.2. The summed E-state index contributed by atoms with van der Waals surface area (Å²) in [6.07, 6.45) is 6.00. The highest BCUT2D eigenvalue weighted by Crippen LogP contribution is 2.30. The number of H-pyrrole nitrogens is 1. The number of hydrogen-bond donors (Lipinski definition) is 2. The van der Waals surface area contributed by atoms with Crippen LogP contribution in [-0.2, 0) is 10.0 Å². The van der Waals surface area contributed by atoms with Gasteiger partial charge in [0.2, 0.25) is 15.5 Å². The van der Waals surface area contributed by atoms with E-state index in [0.29, 0.717) is 18.4 Å². The second kappa shape index (κ2) is 5.24. The molecular weight excluding hydrogens is 252 g/mol. The predicted molar refractivity (Wildman–Crippen MR) is 68.8 cm³/mol. The minimum Gasteiger partial charge on any atom is -0.366 e. The Balaban J connectivity index is 2.09. The van der Waals surface area contributed by atoms with Crippen molar-refractivity contribution in [3.05, 3.63) is 28.7 Å². The molecule has 1 heterocycles. The first-order chi connectivity index (χ1) is 8.50. The molecule has 1 saturated carbocycles. The summed E-state index contributed by atoms with van der Waals surface area (Å²) in [7, 11) is -3.70. The normalized spacial score (nSPS) is 24.3. The lowest BCUT2D eigenvalue weighted by molar-refractivity contribution is 0.414. The zero-order chi connectivity index (χ0) is 13.2. The third kappa shape index (κ3) is 2.81. The molecule has 2 unspecified atom stereocenters. The van der Waals surface area contributed by atoms with E-state index >= 15 is 0 Å². The number of rotatable bonds is 4. The maximum absolute atomic E-state index is 12.0. The average Bonchev–Trinajstić information content (AvgIpc) is 2.73. The predicted octanol–water partition coefficient (Wildman–Crippen LogP) is 1.09. The Labute approximate surface area is 107 Å². The molecule has 0 spiro atoms. The van der Waals surface area contributed by atoms with E-state index in [-0.39, 0.29) is 4.90 Å². The maximum Gasteiger partial charge on any atom is 0.245 e. The van der Waals surface area contributed by atoms with E-state index in [9.17, 15) is 13.2 Å². The van der Waals surface area contributed by atoms with Crippen LogP contribution in [0, 0.1) is 11.8 Å². The van der Waals surface area contributed by atoms with E-state index in [1.807, 2.05) is 0 Å². The fourth-order valence-electron chi connectivity index (χ4n) is 2.43. The van der Waals surface area contributed by atoms with E-state index in [1.165, 1.54) is 18.5 Å². The van der Waals surface area contributed by atoms with Crippen LogP contribution in [0.25, 0.3) is 0 Å². The van der Waals surface area contributed by atoms with Gasteiger partial charge in [0, 0.05) is 25.0 Å². The molecule has 0 radical (unpaired) electrons. The van der Waals surface area contributed by atoms with E-state index in [4.69, 9.17) is 0 Å². The Morgan fingerprint density at radius 1 is 1.44 bits per heavy atom. The Morgan fingerprint density at radius 3 is 2.83 bits per heavy atom. The minimum atomic E-state index is -3.70. The van der Waals surface area contributed by atoms with Crippen LogP contribution in [-0.4, -0.2) is 19.9 Å². The molecule has 5 nitrogen and oxygen atoms in total. The standard InChI is InChI=1S/C12H18N2O3S/c1-9-3-2-4-10(9)7-14-18(16,17)12-8-13-6-5-11(12)15/h5-6,8-10,14H,2-4,7H2,1H3,(H,13,15). The van der Waals surface area contributed by atoms with E-state index in [1.54, 1.807) is 0 Å². The number of sulfonamides is 1. The van der Waals surface area contributed by atoms with E-state index < -0.39 is 15.5 Å². The van der Waals surface area contributed by atoms with Gasteiger partial charge in [-0.25, -0.2) is 13.1 Å². The quantitative estimate of drug-likeness (QED) is 0.859. The largest absolute Gasteiger partial charge is 0.366 e. The van der Waals surface area contributed by atoms with E-state index in [0.717, 1.165) is 19.3 Å². The lowest BCUT2D eigenvalue weighted by Gasteiger charge is -2.15. The van der Waals surface area contributed by atoms with Crippen LogP contribution in [0.3, 0.4) is 0 Å². The summed E-state index contributed by atoms with van der Waals surface area (Å²) in [6, 6.07) is 1.22. The lowest BCUT2D eigenvalue weighted by Crippen LogP contribution is -2.33. The van der Waals surface area contributed by atoms with Crippen molar-refractivity contribution in [2.75, 3.05) is 6.54 Å². The number of nitrogens with one attached hydrogen (secondary N) is 2. The molecule has 1 fully saturated rings. The van der Waals surface area contributed by atoms with Crippen LogP contribution in [0.2, 0.25) is 0 Å². The molecule has 0 bridgehead atoms. The first-order valence-electron chi connectivity index (χ1n) is 6.17. The molecule has 1 aliphatic carbocycles. The van der Waals surface area contributed by atoms with Crippen molar-refractivity contribution < 1.29 is 8.42 Å². The average molecular weight is 270 g/mol. The summed E-state index contributed by atoms with van der Waals surface area (Å²) in [5, 5.41) is 0. The summed E-state index contributed by atoms with van der Waals surface area (Å²) in [4.78, 5) is 13.9. The number of pyridine rings is 1. The molecule has 2 atom stereocenters. The molecule has 0 saturated heterocycles. The Morgan fingerprint density at radius 2 is 2.22 bits per heavy atom. The van der Waals surface area contributed by atoms with Gasteiger partial charge < -0.3 is 4.98 Å². The molecule has 6 heteroatoms. The van der Waals surface area contributed by atoms with Crippen LogP contribution in [0.4, 0.5) is 0 Å². The Kier molecular flexibility index (Phi) is 3.87. The van der Waals surface area contributed by atoms with Crippen LogP contribution < -0.4 is 10.2 Å². The van der Waals surface area contributed by atoms with Gasteiger partial charge in [0.1, 0.15) is 4.90 Å². The van der Waals surface area contributed by atoms with Crippen molar-refractivity contribution in [1.82, 2.24) is 9.71 Å². The SMILES string of the molecule is CC1CCCC1CNS(=O)(=O)c1c[nH]ccc1=O. The van der Waals surface area contributed by atoms with Crippen molar-refractivity contribution in [3.8, 4) is 0 Å². The van der Waals surface area contributed by atoms with Crippen molar-refractivity contribution in [3.63, 3.8) is 0 Å². The number of hydrogen-bond acceptors (Lipinski definition) is 3. The van der Waals surface area contributed by atoms with Crippen molar-refractivity contribution in [2.24, 2.45) is 11.8 Å². The highest BCUT2D eigenvalue weighted by molar-refractivity contribution is 7.89. The zero-order valence-electron chi connectivity index (χ0n) is 10.3. The van der Waals surface area contributed by atoms with Crippen LogP contribution in [0.15, 0.2) is 28.2 Å². The summed E-state index contributed by atoms with van der Waals surface area (Å²) in [6.45, 7) is 2.55. The van der Waals surface area contributed by atoms with Gasteiger partial charge in [-0.3, -0.25) is 4.79 Å². The molecule has 0 aromatic carbocycles. The molecule has 1 aromatic heterocycles. The van der Waals surface area contributed by atoms with Gasteiger partial charge in [0.15, 0.2) is 0 Å². The van der Waals surface area contributed by atoms with Gasteiger partial charge in [-0.15, -0.1) is 0 Å². The van der Waals surface area contributed by atoms with Gasteiger partial charge in [-0.1, -0.05) is 19.8 Å². The smallest absolute Gasteiger partial charge is 0.245 e. The van der Waals surface area contributed by atoms with Gasteiger partial charge in [0.05, 0.1) is 0 Å². The first-order valence-corrected chi connectivity index (χ1v) is 7.66. The topological polar surface area (TPSA) is 79.0 Å². The lowest BCUT2D eigenvalue weighted by atomic mass is 9.99.